The van der Waals surface area contributed by atoms with E-state index in [9.17, 15) is 9.90 Å². The Morgan fingerprint density at radius 2 is 1.94 bits per heavy atom. The van der Waals surface area contributed by atoms with Gasteiger partial charge in [0.05, 0.1) is 5.41 Å². The number of likely N-dealkylation sites (tertiary alicyclic amines) is 1. The van der Waals surface area contributed by atoms with E-state index in [1.165, 1.54) is 19.3 Å². The molecular formula is C15H27NO2. The lowest BCUT2D eigenvalue weighted by atomic mass is 9.70. The van der Waals surface area contributed by atoms with Crippen LogP contribution in [0.3, 0.4) is 0 Å². The molecule has 0 radical (unpaired) electrons. The van der Waals surface area contributed by atoms with E-state index in [0.29, 0.717) is 17.4 Å². The van der Waals surface area contributed by atoms with Gasteiger partial charge in [0.25, 0.3) is 0 Å². The lowest BCUT2D eigenvalue weighted by molar-refractivity contribution is -0.147. The van der Waals surface area contributed by atoms with E-state index in [4.69, 9.17) is 0 Å². The molecule has 1 aliphatic heterocycles. The van der Waals surface area contributed by atoms with Gasteiger partial charge in [-0.1, -0.05) is 20.8 Å². The standard InChI is InChI=1S/C15H27NO2/c1-11-9-14(2,3)6-5-12(11)16-8-7-15(4,10-16)13(17)18/h11-12H,5-10H2,1-4H3,(H,17,18). The van der Waals surface area contributed by atoms with Crippen molar-refractivity contribution < 1.29 is 9.90 Å². The van der Waals surface area contributed by atoms with E-state index in [1.54, 1.807) is 0 Å². The van der Waals surface area contributed by atoms with Crippen molar-refractivity contribution in [3.63, 3.8) is 0 Å². The summed E-state index contributed by atoms with van der Waals surface area (Å²) in [7, 11) is 0. The molecule has 1 heterocycles. The summed E-state index contributed by atoms with van der Waals surface area (Å²) >= 11 is 0. The van der Waals surface area contributed by atoms with E-state index in [-0.39, 0.29) is 0 Å². The van der Waals surface area contributed by atoms with Crippen LogP contribution in [0.5, 0.6) is 0 Å². The molecule has 1 saturated heterocycles. The minimum Gasteiger partial charge on any atom is -0.481 e. The zero-order valence-electron chi connectivity index (χ0n) is 12.2. The van der Waals surface area contributed by atoms with Gasteiger partial charge in [0.1, 0.15) is 0 Å². The first-order chi connectivity index (χ1) is 8.23. The zero-order chi connectivity index (χ0) is 13.6. The highest BCUT2D eigenvalue weighted by Crippen LogP contribution is 2.43. The van der Waals surface area contributed by atoms with Crippen LogP contribution >= 0.6 is 0 Å². The van der Waals surface area contributed by atoms with Crippen LogP contribution in [-0.4, -0.2) is 35.1 Å². The Bertz CT molecular complexity index is 339. The quantitative estimate of drug-likeness (QED) is 0.822. The predicted octanol–water partition coefficient (Wildman–Crippen LogP) is 3.00. The molecule has 0 spiro atoms. The monoisotopic (exact) mass is 253 g/mol. The van der Waals surface area contributed by atoms with E-state index in [2.05, 4.69) is 25.7 Å². The third kappa shape index (κ3) is 2.56. The number of rotatable bonds is 2. The first-order valence-electron chi connectivity index (χ1n) is 7.21. The fourth-order valence-electron chi connectivity index (χ4n) is 3.93. The van der Waals surface area contributed by atoms with Gasteiger partial charge in [0.2, 0.25) is 0 Å². The highest BCUT2D eigenvalue weighted by Gasteiger charge is 2.45. The number of carboxylic acids is 1. The van der Waals surface area contributed by atoms with Gasteiger partial charge >= 0.3 is 5.97 Å². The Hall–Kier alpha value is -0.570. The van der Waals surface area contributed by atoms with Crippen molar-refractivity contribution in [3.8, 4) is 0 Å². The molecule has 3 unspecified atom stereocenters. The Kier molecular flexibility index (Phi) is 3.48. The molecule has 0 aromatic rings. The van der Waals surface area contributed by atoms with Gasteiger partial charge in [0.15, 0.2) is 0 Å². The summed E-state index contributed by atoms with van der Waals surface area (Å²) in [5.74, 6) is 0.0543. The number of hydrogen-bond donors (Lipinski definition) is 1. The Morgan fingerprint density at radius 3 is 2.44 bits per heavy atom. The lowest BCUT2D eigenvalue weighted by Crippen LogP contribution is -2.45. The maximum atomic E-state index is 11.3. The van der Waals surface area contributed by atoms with Crippen molar-refractivity contribution in [3.05, 3.63) is 0 Å². The number of carbonyl (C=O) groups is 1. The molecule has 2 fully saturated rings. The lowest BCUT2D eigenvalue weighted by Gasteiger charge is -2.43. The van der Waals surface area contributed by atoms with Gasteiger partial charge < -0.3 is 5.11 Å². The molecule has 104 valence electrons. The molecule has 1 N–H and O–H groups in total. The molecule has 0 aromatic carbocycles. The first-order valence-corrected chi connectivity index (χ1v) is 7.21. The van der Waals surface area contributed by atoms with Gasteiger partial charge in [-0.3, -0.25) is 9.69 Å². The Morgan fingerprint density at radius 1 is 1.28 bits per heavy atom. The molecule has 0 bridgehead atoms. The Labute approximate surface area is 111 Å². The smallest absolute Gasteiger partial charge is 0.310 e. The maximum Gasteiger partial charge on any atom is 0.310 e. The summed E-state index contributed by atoms with van der Waals surface area (Å²) in [6.07, 6.45) is 4.55. The first kappa shape index (κ1) is 13.9. The van der Waals surface area contributed by atoms with Crippen LogP contribution in [0.2, 0.25) is 0 Å². The second-order valence-electron chi connectivity index (χ2n) is 7.54. The van der Waals surface area contributed by atoms with Gasteiger partial charge in [-0.05, 0) is 50.5 Å². The number of carboxylic acid groups (broad SMARTS) is 1. The van der Waals surface area contributed by atoms with Gasteiger partial charge in [-0.25, -0.2) is 0 Å². The summed E-state index contributed by atoms with van der Waals surface area (Å²) < 4.78 is 0. The van der Waals surface area contributed by atoms with Crippen LogP contribution in [0.4, 0.5) is 0 Å². The van der Waals surface area contributed by atoms with Crippen LogP contribution in [0.25, 0.3) is 0 Å². The van der Waals surface area contributed by atoms with Crippen LogP contribution in [0.1, 0.15) is 53.4 Å². The molecule has 3 heteroatoms. The van der Waals surface area contributed by atoms with E-state index >= 15 is 0 Å². The van der Waals surface area contributed by atoms with E-state index in [1.807, 2.05) is 6.92 Å². The summed E-state index contributed by atoms with van der Waals surface area (Å²) in [6, 6.07) is 0.596. The second-order valence-corrected chi connectivity index (χ2v) is 7.54. The largest absolute Gasteiger partial charge is 0.481 e. The van der Waals surface area contributed by atoms with Crippen LogP contribution in [-0.2, 0) is 4.79 Å². The van der Waals surface area contributed by atoms with Crippen LogP contribution < -0.4 is 0 Å². The Balaban J connectivity index is 2.00. The fraction of sp³-hybridized carbons (Fsp3) is 0.933. The van der Waals surface area contributed by atoms with Crippen molar-refractivity contribution in [2.45, 2.75) is 59.4 Å². The molecule has 3 nitrogen and oxygen atoms in total. The zero-order valence-corrected chi connectivity index (χ0v) is 12.2. The predicted molar refractivity (Wildman–Crippen MR) is 72.5 cm³/mol. The average molecular weight is 253 g/mol. The second kappa shape index (κ2) is 4.52. The van der Waals surface area contributed by atoms with Crippen LogP contribution in [0, 0.1) is 16.7 Å². The highest BCUT2D eigenvalue weighted by molar-refractivity contribution is 5.74. The summed E-state index contributed by atoms with van der Waals surface area (Å²) in [5, 5.41) is 9.31. The van der Waals surface area contributed by atoms with Crippen molar-refractivity contribution >= 4 is 5.97 Å². The number of nitrogens with zero attached hydrogens (tertiary/aromatic N) is 1. The van der Waals surface area contributed by atoms with Crippen molar-refractivity contribution in [2.75, 3.05) is 13.1 Å². The third-order valence-electron chi connectivity index (χ3n) is 5.14. The number of aliphatic carboxylic acids is 1. The maximum absolute atomic E-state index is 11.3. The molecule has 1 saturated carbocycles. The average Bonchev–Trinajstić information content (AvgIpc) is 2.61. The fourth-order valence-corrected chi connectivity index (χ4v) is 3.93. The normalized spacial score (nSPS) is 40.9. The molecule has 0 aromatic heterocycles. The summed E-state index contributed by atoms with van der Waals surface area (Å²) in [5.41, 5.74) is -0.0571. The van der Waals surface area contributed by atoms with Gasteiger partial charge in [-0.2, -0.15) is 0 Å². The van der Waals surface area contributed by atoms with Crippen LogP contribution in [0.15, 0.2) is 0 Å². The minimum absolute atomic E-state index is 0.464. The van der Waals surface area contributed by atoms with Crippen molar-refractivity contribution in [1.82, 2.24) is 4.90 Å². The minimum atomic E-state index is -0.631. The molecule has 2 aliphatic rings. The summed E-state index contributed by atoms with van der Waals surface area (Å²) in [4.78, 5) is 13.7. The van der Waals surface area contributed by atoms with Crippen molar-refractivity contribution in [2.24, 2.45) is 16.7 Å². The summed E-state index contributed by atoms with van der Waals surface area (Å²) in [6.45, 7) is 10.6. The third-order valence-corrected chi connectivity index (χ3v) is 5.14. The topological polar surface area (TPSA) is 40.5 Å². The van der Waals surface area contributed by atoms with Crippen molar-refractivity contribution in [1.29, 1.82) is 0 Å². The van der Waals surface area contributed by atoms with Gasteiger partial charge in [0, 0.05) is 12.6 Å². The number of hydrogen-bond acceptors (Lipinski definition) is 2. The SMILES string of the molecule is CC1CC(C)(C)CCC1N1CCC(C)(C(=O)O)C1. The molecular weight excluding hydrogens is 226 g/mol. The highest BCUT2D eigenvalue weighted by atomic mass is 16.4. The molecule has 1 aliphatic carbocycles. The van der Waals surface area contributed by atoms with Gasteiger partial charge in [-0.15, -0.1) is 0 Å². The molecule has 3 atom stereocenters. The molecule has 0 amide bonds. The molecule has 18 heavy (non-hydrogen) atoms. The molecule has 2 rings (SSSR count). The van der Waals surface area contributed by atoms with E-state index in [0.717, 1.165) is 19.5 Å². The van der Waals surface area contributed by atoms with E-state index < -0.39 is 11.4 Å².